The quantitative estimate of drug-likeness (QED) is 0.805. The Morgan fingerprint density at radius 2 is 1.92 bits per heavy atom. The number of aryl methyl sites for hydroxylation is 1. The first-order chi connectivity index (χ1) is 12.0. The van der Waals surface area contributed by atoms with Crippen molar-refractivity contribution in [3.63, 3.8) is 0 Å². The molecule has 0 unspecified atom stereocenters. The number of hydrogen-bond acceptors (Lipinski definition) is 5. The third-order valence-corrected chi connectivity index (χ3v) is 7.22. The van der Waals surface area contributed by atoms with Crippen LogP contribution in [0, 0.1) is 0 Å². The van der Waals surface area contributed by atoms with Crippen LogP contribution in [0.5, 0.6) is 5.88 Å². The summed E-state index contributed by atoms with van der Waals surface area (Å²) >= 11 is 1.84. The van der Waals surface area contributed by atoms with Gasteiger partial charge in [-0.05, 0) is 70.0 Å². The SMILES string of the molecule is CN(C)[C@H]1CC[C@H](Oc2ncnc3sc4c(c23)C(C)(C)CCC4)CC1. The van der Waals surface area contributed by atoms with Gasteiger partial charge < -0.3 is 9.64 Å². The van der Waals surface area contributed by atoms with Gasteiger partial charge in [0.1, 0.15) is 17.3 Å². The Bertz CT molecular complexity index is 760. The van der Waals surface area contributed by atoms with Gasteiger partial charge in [-0.1, -0.05) is 13.8 Å². The van der Waals surface area contributed by atoms with Gasteiger partial charge in [0, 0.05) is 10.9 Å². The van der Waals surface area contributed by atoms with E-state index >= 15 is 0 Å². The van der Waals surface area contributed by atoms with Crippen molar-refractivity contribution in [2.24, 2.45) is 0 Å². The van der Waals surface area contributed by atoms with Gasteiger partial charge in [-0.15, -0.1) is 11.3 Å². The Morgan fingerprint density at radius 1 is 1.16 bits per heavy atom. The van der Waals surface area contributed by atoms with Gasteiger partial charge in [-0.3, -0.25) is 0 Å². The summed E-state index contributed by atoms with van der Waals surface area (Å²) in [5.41, 5.74) is 1.65. The lowest BCUT2D eigenvalue weighted by Crippen LogP contribution is -2.35. The maximum Gasteiger partial charge on any atom is 0.225 e. The van der Waals surface area contributed by atoms with E-state index in [1.807, 2.05) is 11.3 Å². The van der Waals surface area contributed by atoms with Gasteiger partial charge in [-0.25, -0.2) is 9.97 Å². The van der Waals surface area contributed by atoms with Crippen molar-refractivity contribution in [1.29, 1.82) is 0 Å². The van der Waals surface area contributed by atoms with Crippen molar-refractivity contribution in [2.45, 2.75) is 76.4 Å². The lowest BCUT2D eigenvalue weighted by atomic mass is 9.75. The molecule has 2 aromatic heterocycles. The predicted octanol–water partition coefficient (Wildman–Crippen LogP) is 4.56. The van der Waals surface area contributed by atoms with E-state index in [9.17, 15) is 0 Å². The normalized spacial score (nSPS) is 26.0. The molecule has 2 aliphatic carbocycles. The summed E-state index contributed by atoms with van der Waals surface area (Å²) in [5, 5.41) is 1.20. The van der Waals surface area contributed by atoms with Crippen LogP contribution in [-0.4, -0.2) is 41.1 Å². The number of rotatable bonds is 3. The Balaban J connectivity index is 1.64. The highest BCUT2D eigenvalue weighted by Gasteiger charge is 2.34. The van der Waals surface area contributed by atoms with E-state index in [0.717, 1.165) is 23.6 Å². The summed E-state index contributed by atoms with van der Waals surface area (Å²) in [6.45, 7) is 4.71. The highest BCUT2D eigenvalue weighted by Crippen LogP contribution is 2.47. The van der Waals surface area contributed by atoms with E-state index < -0.39 is 0 Å². The van der Waals surface area contributed by atoms with Crippen LogP contribution >= 0.6 is 11.3 Å². The molecule has 0 amide bonds. The molecule has 2 aliphatic rings. The molecule has 25 heavy (non-hydrogen) atoms. The zero-order valence-electron chi connectivity index (χ0n) is 15.8. The average molecular weight is 360 g/mol. The molecule has 0 N–H and O–H groups in total. The van der Waals surface area contributed by atoms with Crippen LogP contribution in [0.3, 0.4) is 0 Å². The molecule has 0 saturated heterocycles. The van der Waals surface area contributed by atoms with Crippen molar-refractivity contribution in [3.05, 3.63) is 16.8 Å². The number of thiophene rings is 1. The molecule has 2 aromatic rings. The average Bonchev–Trinajstić information content (AvgIpc) is 2.96. The smallest absolute Gasteiger partial charge is 0.225 e. The van der Waals surface area contributed by atoms with Gasteiger partial charge >= 0.3 is 0 Å². The van der Waals surface area contributed by atoms with Crippen LogP contribution in [0.15, 0.2) is 6.33 Å². The second kappa shape index (κ2) is 6.51. The van der Waals surface area contributed by atoms with E-state index in [-0.39, 0.29) is 11.5 Å². The van der Waals surface area contributed by atoms with Gasteiger partial charge in [0.05, 0.1) is 5.39 Å². The zero-order chi connectivity index (χ0) is 17.6. The van der Waals surface area contributed by atoms with Gasteiger partial charge in [0.25, 0.3) is 0 Å². The van der Waals surface area contributed by atoms with Crippen LogP contribution < -0.4 is 4.74 Å². The second-order valence-corrected chi connectivity index (χ2v) is 9.59. The van der Waals surface area contributed by atoms with E-state index in [1.54, 1.807) is 6.33 Å². The maximum absolute atomic E-state index is 6.45. The Morgan fingerprint density at radius 3 is 2.64 bits per heavy atom. The molecule has 0 atom stereocenters. The summed E-state index contributed by atoms with van der Waals surface area (Å²) in [7, 11) is 4.36. The number of hydrogen-bond donors (Lipinski definition) is 0. The first-order valence-electron chi connectivity index (χ1n) is 9.55. The third-order valence-electron chi connectivity index (χ3n) is 6.06. The molecule has 4 nitrogen and oxygen atoms in total. The minimum absolute atomic E-state index is 0.192. The topological polar surface area (TPSA) is 38.2 Å². The summed E-state index contributed by atoms with van der Waals surface area (Å²) in [4.78, 5) is 14.1. The van der Waals surface area contributed by atoms with Crippen LogP contribution in [0.2, 0.25) is 0 Å². The number of ether oxygens (including phenoxy) is 1. The van der Waals surface area contributed by atoms with Crippen LogP contribution in [0.1, 0.15) is 62.8 Å². The molecule has 0 spiro atoms. The Labute approximate surface area is 154 Å². The van der Waals surface area contributed by atoms with Crippen molar-refractivity contribution in [2.75, 3.05) is 14.1 Å². The fourth-order valence-corrected chi connectivity index (χ4v) is 5.94. The summed E-state index contributed by atoms with van der Waals surface area (Å²) < 4.78 is 6.45. The fraction of sp³-hybridized carbons (Fsp3) is 0.700. The summed E-state index contributed by atoms with van der Waals surface area (Å²) in [6, 6.07) is 0.693. The van der Waals surface area contributed by atoms with Crippen LogP contribution in [0.25, 0.3) is 10.2 Å². The molecule has 5 heteroatoms. The highest BCUT2D eigenvalue weighted by atomic mass is 32.1. The molecule has 0 radical (unpaired) electrons. The van der Waals surface area contributed by atoms with Crippen LogP contribution in [0.4, 0.5) is 0 Å². The highest BCUT2D eigenvalue weighted by molar-refractivity contribution is 7.18. The number of nitrogens with zero attached hydrogens (tertiary/aromatic N) is 3. The lowest BCUT2D eigenvalue weighted by molar-refractivity contribution is 0.108. The summed E-state index contributed by atoms with van der Waals surface area (Å²) in [6.07, 6.45) is 10.3. The van der Waals surface area contributed by atoms with Crippen molar-refractivity contribution in [3.8, 4) is 5.88 Å². The van der Waals surface area contributed by atoms with E-state index in [2.05, 4.69) is 42.8 Å². The van der Waals surface area contributed by atoms with Gasteiger partial charge in [-0.2, -0.15) is 0 Å². The molecular formula is C20H29N3OS. The molecular weight excluding hydrogens is 330 g/mol. The largest absolute Gasteiger partial charge is 0.474 e. The van der Waals surface area contributed by atoms with Gasteiger partial charge in [0.2, 0.25) is 5.88 Å². The van der Waals surface area contributed by atoms with Crippen molar-refractivity contribution in [1.82, 2.24) is 14.9 Å². The molecule has 0 bridgehead atoms. The molecule has 0 aromatic carbocycles. The Hall–Kier alpha value is -1.20. The van der Waals surface area contributed by atoms with Crippen LogP contribution in [-0.2, 0) is 11.8 Å². The van der Waals surface area contributed by atoms with E-state index in [4.69, 9.17) is 4.74 Å². The monoisotopic (exact) mass is 359 g/mol. The molecule has 1 saturated carbocycles. The molecule has 136 valence electrons. The minimum Gasteiger partial charge on any atom is -0.474 e. The van der Waals surface area contributed by atoms with Crippen molar-refractivity contribution < 1.29 is 4.74 Å². The van der Waals surface area contributed by atoms with E-state index in [1.165, 1.54) is 47.9 Å². The second-order valence-electron chi connectivity index (χ2n) is 8.51. The minimum atomic E-state index is 0.192. The molecule has 1 fully saturated rings. The maximum atomic E-state index is 6.45. The Kier molecular flexibility index (Phi) is 4.49. The molecule has 4 rings (SSSR count). The standard InChI is InChI=1S/C20H29N3OS/c1-20(2)11-5-6-15-17(20)16-18(21-12-22-19(16)25-15)24-14-9-7-13(8-10-14)23(3)4/h12-14H,5-11H2,1-4H3/t13-,14-. The van der Waals surface area contributed by atoms with Crippen molar-refractivity contribution >= 4 is 21.6 Å². The first kappa shape index (κ1) is 17.2. The molecule has 0 aliphatic heterocycles. The zero-order valence-corrected chi connectivity index (χ0v) is 16.7. The third kappa shape index (κ3) is 3.17. The van der Waals surface area contributed by atoms with E-state index in [0.29, 0.717) is 6.04 Å². The first-order valence-corrected chi connectivity index (χ1v) is 10.4. The lowest BCUT2D eigenvalue weighted by Gasteiger charge is -2.33. The fourth-order valence-electron chi connectivity index (χ4n) is 4.59. The summed E-state index contributed by atoms with van der Waals surface area (Å²) in [5.74, 6) is 0.825. The number of fused-ring (bicyclic) bond motifs is 3. The predicted molar refractivity (Wildman–Crippen MR) is 104 cm³/mol. The number of aromatic nitrogens is 2. The van der Waals surface area contributed by atoms with Gasteiger partial charge in [0.15, 0.2) is 0 Å². The molecule has 2 heterocycles.